The van der Waals surface area contributed by atoms with Gasteiger partial charge in [0.15, 0.2) is 0 Å². The number of hydrogen-bond donors (Lipinski definition) is 2. The van der Waals surface area contributed by atoms with Crippen molar-refractivity contribution < 1.29 is 9.90 Å². The zero-order valence-electron chi connectivity index (χ0n) is 10.7. The summed E-state index contributed by atoms with van der Waals surface area (Å²) in [6, 6.07) is 0. The van der Waals surface area contributed by atoms with Crippen molar-refractivity contribution in [2.24, 2.45) is 5.73 Å². The molecule has 0 saturated heterocycles. The molecule has 15 heavy (non-hydrogen) atoms. The standard InChI is InChI=1S/C4H11N.C4H6O2.C3H9N/c1-2-3-4-5;1-3(2)4(5)6;1-4(2)3/h2-5H2,1H3;1H2,2H3,(H,5,6);1-3H3. The Bertz CT molecular complexity index is 140. The third-order valence-electron chi connectivity index (χ3n) is 0.923. The molecule has 0 heterocycles. The van der Waals surface area contributed by atoms with Crippen LogP contribution in [-0.2, 0) is 4.79 Å². The summed E-state index contributed by atoms with van der Waals surface area (Å²) in [5.41, 5.74) is 5.31. The molecule has 0 amide bonds. The number of nitrogens with zero attached hydrogens (tertiary/aromatic N) is 1. The number of nitrogens with two attached hydrogens (primary N) is 1. The number of carboxylic acid groups (broad SMARTS) is 1. The van der Waals surface area contributed by atoms with Crippen molar-refractivity contribution >= 4 is 5.97 Å². The van der Waals surface area contributed by atoms with Crippen LogP contribution in [0.1, 0.15) is 26.7 Å². The molecule has 0 fully saturated rings. The highest BCUT2D eigenvalue weighted by Crippen LogP contribution is 1.81. The first-order valence-electron chi connectivity index (χ1n) is 4.99. The number of aliphatic carboxylic acids is 1. The van der Waals surface area contributed by atoms with Crippen LogP contribution in [0.25, 0.3) is 0 Å². The van der Waals surface area contributed by atoms with Gasteiger partial charge in [-0.05, 0) is 41.0 Å². The Morgan fingerprint density at radius 2 is 1.67 bits per heavy atom. The normalized spacial score (nSPS) is 8.20. The van der Waals surface area contributed by atoms with Gasteiger partial charge in [-0.2, -0.15) is 0 Å². The van der Waals surface area contributed by atoms with Gasteiger partial charge in [-0.3, -0.25) is 0 Å². The zero-order valence-corrected chi connectivity index (χ0v) is 10.7. The maximum absolute atomic E-state index is 9.60. The molecule has 0 bridgehead atoms. The molecular weight excluding hydrogens is 192 g/mol. The second kappa shape index (κ2) is 15.6. The van der Waals surface area contributed by atoms with E-state index in [9.17, 15) is 4.79 Å². The Hall–Kier alpha value is -0.870. The fourth-order valence-corrected chi connectivity index (χ4v) is 0.204. The molecule has 4 nitrogen and oxygen atoms in total. The molecule has 0 aromatic carbocycles. The summed E-state index contributed by atoms with van der Waals surface area (Å²) in [6.45, 7) is 7.58. The Morgan fingerprint density at radius 3 is 1.67 bits per heavy atom. The van der Waals surface area contributed by atoms with Crippen molar-refractivity contribution in [1.29, 1.82) is 0 Å². The second-order valence-corrected chi connectivity index (χ2v) is 3.57. The maximum atomic E-state index is 9.60. The van der Waals surface area contributed by atoms with Crippen LogP contribution in [-0.4, -0.2) is 43.7 Å². The molecule has 0 spiro atoms. The molecule has 92 valence electrons. The summed E-state index contributed by atoms with van der Waals surface area (Å²) >= 11 is 0. The lowest BCUT2D eigenvalue weighted by Crippen LogP contribution is -1.99. The minimum Gasteiger partial charge on any atom is -0.478 e. The van der Waals surface area contributed by atoms with Gasteiger partial charge in [0, 0.05) is 5.57 Å². The number of carbonyl (C=O) groups is 1. The highest BCUT2D eigenvalue weighted by molar-refractivity contribution is 5.84. The van der Waals surface area contributed by atoms with Crippen LogP contribution >= 0.6 is 0 Å². The number of hydrogen-bond acceptors (Lipinski definition) is 3. The van der Waals surface area contributed by atoms with Gasteiger partial charge in [-0.1, -0.05) is 19.9 Å². The lowest BCUT2D eigenvalue weighted by atomic mass is 10.3. The van der Waals surface area contributed by atoms with Crippen molar-refractivity contribution in [3.8, 4) is 0 Å². The molecule has 0 aliphatic rings. The summed E-state index contributed by atoms with van der Waals surface area (Å²) in [6.07, 6.45) is 2.39. The monoisotopic (exact) mass is 218 g/mol. The van der Waals surface area contributed by atoms with Crippen LogP contribution in [0, 0.1) is 0 Å². The van der Waals surface area contributed by atoms with E-state index in [1.54, 1.807) is 0 Å². The highest BCUT2D eigenvalue weighted by Gasteiger charge is 1.90. The van der Waals surface area contributed by atoms with Crippen molar-refractivity contribution in [3.05, 3.63) is 12.2 Å². The van der Waals surface area contributed by atoms with Crippen molar-refractivity contribution in [3.63, 3.8) is 0 Å². The van der Waals surface area contributed by atoms with Crippen molar-refractivity contribution in [2.45, 2.75) is 26.7 Å². The minimum atomic E-state index is -0.935. The highest BCUT2D eigenvalue weighted by atomic mass is 16.4. The minimum absolute atomic E-state index is 0.176. The van der Waals surface area contributed by atoms with Crippen molar-refractivity contribution in [2.75, 3.05) is 27.7 Å². The molecule has 0 unspecified atom stereocenters. The van der Waals surface area contributed by atoms with E-state index in [2.05, 4.69) is 13.5 Å². The van der Waals surface area contributed by atoms with E-state index in [1.807, 2.05) is 26.0 Å². The van der Waals surface area contributed by atoms with E-state index >= 15 is 0 Å². The van der Waals surface area contributed by atoms with Gasteiger partial charge in [0.1, 0.15) is 0 Å². The molecular formula is C11H26N2O2. The summed E-state index contributed by atoms with van der Waals surface area (Å²) in [5, 5.41) is 7.89. The first-order chi connectivity index (χ1) is 6.79. The largest absolute Gasteiger partial charge is 0.478 e. The van der Waals surface area contributed by atoms with E-state index in [1.165, 1.54) is 19.8 Å². The number of unbranched alkanes of at least 4 members (excludes halogenated alkanes) is 1. The van der Waals surface area contributed by atoms with Gasteiger partial charge in [0.25, 0.3) is 0 Å². The molecule has 0 atom stereocenters. The van der Waals surface area contributed by atoms with E-state index in [4.69, 9.17) is 10.8 Å². The van der Waals surface area contributed by atoms with Crippen LogP contribution in [0.3, 0.4) is 0 Å². The Kier molecular flexibility index (Phi) is 20.4. The second-order valence-electron chi connectivity index (χ2n) is 3.57. The van der Waals surface area contributed by atoms with E-state index in [0.717, 1.165) is 6.54 Å². The molecule has 0 aliphatic carbocycles. The van der Waals surface area contributed by atoms with Crippen molar-refractivity contribution in [1.82, 2.24) is 4.90 Å². The Balaban J connectivity index is -0.000000147. The first kappa shape index (κ1) is 19.7. The fraction of sp³-hybridized carbons (Fsp3) is 0.727. The van der Waals surface area contributed by atoms with Gasteiger partial charge in [-0.15, -0.1) is 0 Å². The number of rotatable bonds is 3. The van der Waals surface area contributed by atoms with Crippen LogP contribution < -0.4 is 5.73 Å². The smallest absolute Gasteiger partial charge is 0.330 e. The van der Waals surface area contributed by atoms with Crippen LogP contribution in [0.4, 0.5) is 0 Å². The Morgan fingerprint density at radius 1 is 1.40 bits per heavy atom. The average Bonchev–Trinajstić information content (AvgIpc) is 2.05. The fourth-order valence-electron chi connectivity index (χ4n) is 0.204. The van der Waals surface area contributed by atoms with E-state index in [-0.39, 0.29) is 5.57 Å². The molecule has 0 radical (unpaired) electrons. The molecule has 0 rings (SSSR count). The third kappa shape index (κ3) is 61.8. The predicted octanol–water partition coefficient (Wildman–Crippen LogP) is 1.57. The topological polar surface area (TPSA) is 66.6 Å². The molecule has 4 heteroatoms. The maximum Gasteiger partial charge on any atom is 0.330 e. The SMILES string of the molecule is C=C(C)C(=O)O.CCCCN.CN(C)C. The summed E-state index contributed by atoms with van der Waals surface area (Å²) in [4.78, 5) is 11.6. The first-order valence-corrected chi connectivity index (χ1v) is 4.99. The van der Waals surface area contributed by atoms with Crippen LogP contribution in [0.2, 0.25) is 0 Å². The zero-order chi connectivity index (χ0) is 12.9. The lowest BCUT2D eigenvalue weighted by molar-refractivity contribution is -0.132. The molecule has 0 saturated carbocycles. The van der Waals surface area contributed by atoms with Gasteiger partial charge >= 0.3 is 5.97 Å². The van der Waals surface area contributed by atoms with Crippen LogP contribution in [0.5, 0.6) is 0 Å². The van der Waals surface area contributed by atoms with Gasteiger partial charge in [-0.25, -0.2) is 4.79 Å². The lowest BCUT2D eigenvalue weighted by Gasteiger charge is -1.90. The summed E-state index contributed by atoms with van der Waals surface area (Å²) < 4.78 is 0. The van der Waals surface area contributed by atoms with E-state index < -0.39 is 5.97 Å². The quantitative estimate of drug-likeness (QED) is 0.706. The third-order valence-corrected chi connectivity index (χ3v) is 0.923. The summed E-state index contributed by atoms with van der Waals surface area (Å²) in [5.74, 6) is -0.935. The van der Waals surface area contributed by atoms with E-state index in [0.29, 0.717) is 0 Å². The molecule has 0 aromatic heterocycles. The molecule has 0 aromatic rings. The average molecular weight is 218 g/mol. The van der Waals surface area contributed by atoms with Crippen LogP contribution in [0.15, 0.2) is 12.2 Å². The molecule has 3 N–H and O–H groups in total. The Labute approximate surface area is 93.8 Å². The van der Waals surface area contributed by atoms with Gasteiger partial charge in [0.2, 0.25) is 0 Å². The predicted molar refractivity (Wildman–Crippen MR) is 66.0 cm³/mol. The van der Waals surface area contributed by atoms with Gasteiger partial charge < -0.3 is 15.7 Å². The summed E-state index contributed by atoms with van der Waals surface area (Å²) in [7, 11) is 6.00. The van der Waals surface area contributed by atoms with Gasteiger partial charge in [0.05, 0.1) is 0 Å². The molecule has 0 aliphatic heterocycles. The number of carboxylic acids is 1.